The van der Waals surface area contributed by atoms with E-state index in [0.717, 1.165) is 17.5 Å². The van der Waals surface area contributed by atoms with E-state index < -0.39 is 0 Å². The summed E-state index contributed by atoms with van der Waals surface area (Å²) in [7, 11) is 0. The Kier molecular flexibility index (Phi) is 4.26. The standard InChI is InChI=1S/C15H17N3O/c1-11-4-3-9-17-14(11)18-15(19)13-6-2-5-12(10-13)7-8-16/h2-6,9-10H,7-8,16H2,1H3,(H,17,18,19). The molecule has 1 heterocycles. The van der Waals surface area contributed by atoms with Gasteiger partial charge in [-0.15, -0.1) is 0 Å². The van der Waals surface area contributed by atoms with Crippen molar-refractivity contribution in [3.8, 4) is 0 Å². The molecule has 3 N–H and O–H groups in total. The van der Waals surface area contributed by atoms with Crippen LogP contribution in [0.25, 0.3) is 0 Å². The van der Waals surface area contributed by atoms with Crippen LogP contribution in [0.1, 0.15) is 21.5 Å². The first-order valence-electron chi connectivity index (χ1n) is 6.22. The highest BCUT2D eigenvalue weighted by Gasteiger charge is 2.08. The Morgan fingerprint density at radius 2 is 2.16 bits per heavy atom. The van der Waals surface area contributed by atoms with E-state index in [1.165, 1.54) is 0 Å². The number of rotatable bonds is 4. The highest BCUT2D eigenvalue weighted by Crippen LogP contribution is 2.12. The maximum Gasteiger partial charge on any atom is 0.256 e. The van der Waals surface area contributed by atoms with Crippen molar-refractivity contribution in [1.82, 2.24) is 4.98 Å². The van der Waals surface area contributed by atoms with Gasteiger partial charge >= 0.3 is 0 Å². The third-order valence-corrected chi connectivity index (χ3v) is 2.86. The molecule has 0 saturated carbocycles. The van der Waals surface area contributed by atoms with Crippen molar-refractivity contribution in [2.45, 2.75) is 13.3 Å². The van der Waals surface area contributed by atoms with Crippen LogP contribution in [0.3, 0.4) is 0 Å². The maximum atomic E-state index is 12.1. The Balaban J connectivity index is 2.16. The summed E-state index contributed by atoms with van der Waals surface area (Å²) in [5, 5.41) is 2.81. The van der Waals surface area contributed by atoms with Gasteiger partial charge in [0, 0.05) is 11.8 Å². The predicted molar refractivity (Wildman–Crippen MR) is 76.1 cm³/mol. The lowest BCUT2D eigenvalue weighted by molar-refractivity contribution is 0.102. The van der Waals surface area contributed by atoms with Crippen molar-refractivity contribution < 1.29 is 4.79 Å². The fraction of sp³-hybridized carbons (Fsp3) is 0.200. The molecule has 0 aliphatic heterocycles. The number of amides is 1. The monoisotopic (exact) mass is 255 g/mol. The lowest BCUT2D eigenvalue weighted by Gasteiger charge is -2.08. The Labute approximate surface area is 112 Å². The smallest absolute Gasteiger partial charge is 0.256 e. The van der Waals surface area contributed by atoms with Crippen LogP contribution in [0, 0.1) is 6.92 Å². The molecule has 1 aromatic heterocycles. The zero-order valence-electron chi connectivity index (χ0n) is 10.9. The molecule has 19 heavy (non-hydrogen) atoms. The molecule has 98 valence electrons. The summed E-state index contributed by atoms with van der Waals surface area (Å²) >= 11 is 0. The molecule has 0 atom stereocenters. The number of carbonyl (C=O) groups is 1. The van der Waals surface area contributed by atoms with E-state index in [1.807, 2.05) is 37.3 Å². The van der Waals surface area contributed by atoms with Gasteiger partial charge in [0.05, 0.1) is 0 Å². The van der Waals surface area contributed by atoms with Gasteiger partial charge in [0.2, 0.25) is 0 Å². The van der Waals surface area contributed by atoms with Crippen molar-refractivity contribution in [3.63, 3.8) is 0 Å². The Morgan fingerprint density at radius 3 is 2.89 bits per heavy atom. The Morgan fingerprint density at radius 1 is 1.32 bits per heavy atom. The van der Waals surface area contributed by atoms with E-state index in [0.29, 0.717) is 17.9 Å². The summed E-state index contributed by atoms with van der Waals surface area (Å²) < 4.78 is 0. The van der Waals surface area contributed by atoms with Crippen LogP contribution in [0.4, 0.5) is 5.82 Å². The van der Waals surface area contributed by atoms with E-state index in [-0.39, 0.29) is 5.91 Å². The first-order valence-corrected chi connectivity index (χ1v) is 6.22. The Hall–Kier alpha value is -2.20. The first kappa shape index (κ1) is 13.2. The second-order valence-electron chi connectivity index (χ2n) is 4.36. The average Bonchev–Trinajstić information content (AvgIpc) is 2.42. The van der Waals surface area contributed by atoms with Crippen LogP contribution in [0.15, 0.2) is 42.6 Å². The second-order valence-corrected chi connectivity index (χ2v) is 4.36. The molecule has 0 unspecified atom stereocenters. The number of nitrogens with two attached hydrogens (primary N) is 1. The number of hydrogen-bond acceptors (Lipinski definition) is 3. The summed E-state index contributed by atoms with van der Waals surface area (Å²) in [5.74, 6) is 0.442. The zero-order valence-corrected chi connectivity index (χ0v) is 10.9. The lowest BCUT2D eigenvalue weighted by atomic mass is 10.1. The molecule has 4 heteroatoms. The summed E-state index contributed by atoms with van der Waals surface area (Å²) in [6.07, 6.45) is 2.43. The molecular weight excluding hydrogens is 238 g/mol. The third kappa shape index (κ3) is 3.39. The van der Waals surface area contributed by atoms with Gasteiger partial charge in [-0.05, 0) is 49.2 Å². The largest absolute Gasteiger partial charge is 0.330 e. The summed E-state index contributed by atoms with van der Waals surface area (Å²) in [6.45, 7) is 2.48. The van der Waals surface area contributed by atoms with Crippen LogP contribution in [-0.2, 0) is 6.42 Å². The molecule has 2 aromatic rings. The summed E-state index contributed by atoms with van der Waals surface area (Å²) in [5.41, 5.74) is 8.14. The van der Waals surface area contributed by atoms with E-state index in [1.54, 1.807) is 12.3 Å². The maximum absolute atomic E-state index is 12.1. The van der Waals surface area contributed by atoms with Crippen LogP contribution in [-0.4, -0.2) is 17.4 Å². The average molecular weight is 255 g/mol. The van der Waals surface area contributed by atoms with Gasteiger partial charge in [-0.1, -0.05) is 18.2 Å². The molecule has 0 spiro atoms. The highest BCUT2D eigenvalue weighted by molar-refractivity contribution is 6.04. The van der Waals surface area contributed by atoms with E-state index in [9.17, 15) is 4.79 Å². The molecule has 0 fully saturated rings. The van der Waals surface area contributed by atoms with Gasteiger partial charge < -0.3 is 11.1 Å². The minimum atomic E-state index is -0.152. The van der Waals surface area contributed by atoms with Crippen molar-refractivity contribution in [2.24, 2.45) is 5.73 Å². The van der Waals surface area contributed by atoms with Gasteiger partial charge in [-0.25, -0.2) is 4.98 Å². The summed E-state index contributed by atoms with van der Waals surface area (Å²) in [6, 6.07) is 11.2. The molecule has 4 nitrogen and oxygen atoms in total. The second kappa shape index (κ2) is 6.11. The highest BCUT2D eigenvalue weighted by atomic mass is 16.1. The fourth-order valence-electron chi connectivity index (χ4n) is 1.83. The minimum Gasteiger partial charge on any atom is -0.330 e. The minimum absolute atomic E-state index is 0.152. The van der Waals surface area contributed by atoms with E-state index >= 15 is 0 Å². The third-order valence-electron chi connectivity index (χ3n) is 2.86. The number of hydrogen-bond donors (Lipinski definition) is 2. The van der Waals surface area contributed by atoms with Crippen molar-refractivity contribution >= 4 is 11.7 Å². The quantitative estimate of drug-likeness (QED) is 0.879. The van der Waals surface area contributed by atoms with E-state index in [4.69, 9.17) is 5.73 Å². The molecule has 1 aromatic carbocycles. The Bertz CT molecular complexity index is 581. The number of carbonyl (C=O) groups excluding carboxylic acids is 1. The number of aromatic nitrogens is 1. The van der Waals surface area contributed by atoms with E-state index in [2.05, 4.69) is 10.3 Å². The van der Waals surface area contributed by atoms with Crippen LogP contribution >= 0.6 is 0 Å². The molecule has 0 radical (unpaired) electrons. The normalized spacial score (nSPS) is 10.2. The van der Waals surface area contributed by atoms with Gasteiger partial charge in [0.15, 0.2) is 0 Å². The van der Waals surface area contributed by atoms with Crippen LogP contribution in [0.2, 0.25) is 0 Å². The number of anilines is 1. The first-order chi connectivity index (χ1) is 9.20. The van der Waals surface area contributed by atoms with Crippen LogP contribution in [0.5, 0.6) is 0 Å². The van der Waals surface area contributed by atoms with Gasteiger partial charge in [0.25, 0.3) is 5.91 Å². The molecule has 0 saturated heterocycles. The van der Waals surface area contributed by atoms with Crippen molar-refractivity contribution in [1.29, 1.82) is 0 Å². The lowest BCUT2D eigenvalue weighted by Crippen LogP contribution is -2.14. The number of nitrogens with one attached hydrogen (secondary N) is 1. The summed E-state index contributed by atoms with van der Waals surface area (Å²) in [4.78, 5) is 16.3. The van der Waals surface area contributed by atoms with Crippen LogP contribution < -0.4 is 11.1 Å². The molecule has 1 amide bonds. The van der Waals surface area contributed by atoms with Gasteiger partial charge in [-0.3, -0.25) is 4.79 Å². The zero-order chi connectivity index (χ0) is 13.7. The predicted octanol–water partition coefficient (Wildman–Crippen LogP) is 2.14. The van der Waals surface area contributed by atoms with Gasteiger partial charge in [0.1, 0.15) is 5.82 Å². The molecule has 2 rings (SSSR count). The number of pyridine rings is 1. The van der Waals surface area contributed by atoms with Crippen molar-refractivity contribution in [2.75, 3.05) is 11.9 Å². The number of nitrogens with zero attached hydrogens (tertiary/aromatic N) is 1. The topological polar surface area (TPSA) is 68.0 Å². The molecule has 0 aliphatic carbocycles. The molecule has 0 bridgehead atoms. The SMILES string of the molecule is Cc1cccnc1NC(=O)c1cccc(CCN)c1. The number of benzene rings is 1. The fourth-order valence-corrected chi connectivity index (χ4v) is 1.83. The molecular formula is C15H17N3O. The van der Waals surface area contributed by atoms with Crippen molar-refractivity contribution in [3.05, 3.63) is 59.3 Å². The number of aryl methyl sites for hydroxylation is 1. The van der Waals surface area contributed by atoms with Gasteiger partial charge in [-0.2, -0.15) is 0 Å². The molecule has 0 aliphatic rings.